The van der Waals surface area contributed by atoms with Crippen LogP contribution in [0, 0.1) is 0 Å². The van der Waals surface area contributed by atoms with Crippen LogP contribution in [-0.4, -0.2) is 66.2 Å². The third kappa shape index (κ3) is 3.97. The van der Waals surface area contributed by atoms with E-state index >= 15 is 0 Å². The van der Waals surface area contributed by atoms with Gasteiger partial charge >= 0.3 is 0 Å². The van der Waals surface area contributed by atoms with Gasteiger partial charge in [-0.3, -0.25) is 10.00 Å². The molecule has 3 aromatic heterocycles. The van der Waals surface area contributed by atoms with E-state index in [9.17, 15) is 0 Å². The predicted molar refractivity (Wildman–Crippen MR) is 155 cm³/mol. The molecule has 1 N–H and O–H groups in total. The van der Waals surface area contributed by atoms with Gasteiger partial charge in [0.2, 0.25) is 0 Å². The molecular weight excluding hydrogens is 498 g/mol. The third-order valence-corrected chi connectivity index (χ3v) is 9.22. The van der Waals surface area contributed by atoms with Crippen LogP contribution in [0.25, 0.3) is 44.8 Å². The number of fused-ring (bicyclic) bond motifs is 4. The van der Waals surface area contributed by atoms with Gasteiger partial charge in [-0.15, -0.1) is 0 Å². The molecule has 0 spiro atoms. The van der Waals surface area contributed by atoms with Gasteiger partial charge in [0.1, 0.15) is 6.33 Å². The van der Waals surface area contributed by atoms with Crippen LogP contribution in [0.1, 0.15) is 37.3 Å². The summed E-state index contributed by atoms with van der Waals surface area (Å²) in [5.74, 6) is 0.878. The molecular formula is C32H33N7O. The Bertz CT molecular complexity index is 1670. The van der Waals surface area contributed by atoms with Crippen LogP contribution in [0.2, 0.25) is 0 Å². The van der Waals surface area contributed by atoms with Crippen molar-refractivity contribution in [2.24, 2.45) is 0 Å². The molecule has 3 aliphatic rings. The highest BCUT2D eigenvalue weighted by Crippen LogP contribution is 2.38. The first-order valence-corrected chi connectivity index (χ1v) is 14.5. The SMILES string of the molecule is CCn1ncnc1-c1ccc(-c2[nH]nc3ncc(-c4ccc5c(c4)CC[C@@H](N4C6COCC4C6)CC5)cc23)cc1. The zero-order chi connectivity index (χ0) is 26.6. The van der Waals surface area contributed by atoms with Gasteiger partial charge in [0, 0.05) is 52.9 Å². The third-order valence-electron chi connectivity index (χ3n) is 9.22. The molecule has 2 fully saturated rings. The Hall–Kier alpha value is -3.88. The number of H-pyrrole nitrogens is 1. The minimum atomic E-state index is 0.648. The van der Waals surface area contributed by atoms with Crippen LogP contribution in [0.5, 0.6) is 0 Å². The van der Waals surface area contributed by atoms with Crippen molar-refractivity contribution in [3.05, 3.63) is 72.2 Å². The molecule has 2 unspecified atom stereocenters. The summed E-state index contributed by atoms with van der Waals surface area (Å²) in [6, 6.07) is 19.6. The van der Waals surface area contributed by atoms with E-state index in [4.69, 9.17) is 9.72 Å². The monoisotopic (exact) mass is 531 g/mol. The molecule has 0 amide bonds. The number of rotatable bonds is 5. The molecule has 8 rings (SSSR count). The van der Waals surface area contributed by atoms with Gasteiger partial charge in [-0.2, -0.15) is 10.2 Å². The maximum atomic E-state index is 5.74. The van der Waals surface area contributed by atoms with Gasteiger partial charge in [-0.25, -0.2) is 14.6 Å². The van der Waals surface area contributed by atoms with E-state index in [1.807, 2.05) is 10.9 Å². The van der Waals surface area contributed by atoms with Gasteiger partial charge in [-0.1, -0.05) is 42.5 Å². The van der Waals surface area contributed by atoms with Gasteiger partial charge in [-0.05, 0) is 61.8 Å². The lowest BCUT2D eigenvalue weighted by Gasteiger charge is -2.56. The molecule has 8 nitrogen and oxygen atoms in total. The van der Waals surface area contributed by atoms with Gasteiger partial charge in [0.25, 0.3) is 0 Å². The summed E-state index contributed by atoms with van der Waals surface area (Å²) in [6.07, 6.45) is 9.66. The quantitative estimate of drug-likeness (QED) is 0.310. The summed E-state index contributed by atoms with van der Waals surface area (Å²) >= 11 is 0. The van der Waals surface area contributed by atoms with Gasteiger partial charge in [0.15, 0.2) is 11.5 Å². The number of pyridine rings is 1. The first-order chi connectivity index (χ1) is 19.7. The number of hydrogen-bond donors (Lipinski definition) is 1. The van der Waals surface area contributed by atoms with Crippen LogP contribution >= 0.6 is 0 Å². The van der Waals surface area contributed by atoms with Crippen LogP contribution < -0.4 is 0 Å². The highest BCUT2D eigenvalue weighted by molar-refractivity contribution is 5.93. The van der Waals surface area contributed by atoms with Crippen molar-refractivity contribution in [3.8, 4) is 33.8 Å². The van der Waals surface area contributed by atoms with Crippen LogP contribution in [0.3, 0.4) is 0 Å². The van der Waals surface area contributed by atoms with Crippen LogP contribution in [0.15, 0.2) is 61.1 Å². The minimum Gasteiger partial charge on any atom is -0.378 e. The number of morpholine rings is 1. The van der Waals surface area contributed by atoms with E-state index in [0.717, 1.165) is 71.8 Å². The second-order valence-corrected chi connectivity index (χ2v) is 11.4. The Balaban J connectivity index is 1.06. The first-order valence-electron chi connectivity index (χ1n) is 14.5. The summed E-state index contributed by atoms with van der Waals surface area (Å²) in [4.78, 5) is 11.9. The lowest BCUT2D eigenvalue weighted by molar-refractivity contribution is -0.148. The molecule has 202 valence electrons. The zero-order valence-corrected chi connectivity index (χ0v) is 22.8. The molecule has 2 aliphatic heterocycles. The molecule has 2 aromatic carbocycles. The number of benzene rings is 2. The number of aromatic amines is 1. The Morgan fingerprint density at radius 3 is 2.42 bits per heavy atom. The van der Waals surface area contributed by atoms with Gasteiger partial charge in [0.05, 0.1) is 18.9 Å². The van der Waals surface area contributed by atoms with Gasteiger partial charge < -0.3 is 4.74 Å². The smallest absolute Gasteiger partial charge is 0.181 e. The maximum absolute atomic E-state index is 5.74. The minimum absolute atomic E-state index is 0.648. The normalized spacial score (nSPS) is 22.6. The average Bonchev–Trinajstić information content (AvgIpc) is 3.61. The molecule has 2 saturated heterocycles. The van der Waals surface area contributed by atoms with Crippen molar-refractivity contribution in [1.29, 1.82) is 0 Å². The molecule has 8 heteroatoms. The lowest BCUT2D eigenvalue weighted by atomic mass is 9.87. The second-order valence-electron chi connectivity index (χ2n) is 11.4. The summed E-state index contributed by atoms with van der Waals surface area (Å²) in [6.45, 7) is 4.69. The van der Waals surface area contributed by atoms with E-state index in [2.05, 4.69) is 80.6 Å². The van der Waals surface area contributed by atoms with E-state index < -0.39 is 0 Å². The number of aromatic nitrogens is 6. The average molecular weight is 532 g/mol. The van der Waals surface area contributed by atoms with Crippen molar-refractivity contribution < 1.29 is 4.74 Å². The fourth-order valence-electron chi connectivity index (χ4n) is 7.11. The van der Waals surface area contributed by atoms with E-state index in [1.165, 1.54) is 36.0 Å². The Labute approximate surface area is 233 Å². The first kappa shape index (κ1) is 24.0. The standard InChI is InChI=1S/C32H33N7O/c1-2-38-32(34-19-35-38)22-6-4-21(5-7-22)30-29-14-25(16-33-31(29)37-36-30)24-8-3-20-9-11-26(12-10-23(20)13-24)39-27-15-28(39)18-40-17-27/h3-8,13-14,16,19,26-28H,2,9-12,15,17-18H2,1H3,(H,33,36,37)/t26-,27?,28?/m0/s1. The summed E-state index contributed by atoms with van der Waals surface area (Å²) in [5, 5.41) is 13.1. The highest BCUT2D eigenvalue weighted by atomic mass is 16.5. The molecule has 2 bridgehead atoms. The molecule has 5 aromatic rings. The van der Waals surface area contributed by atoms with Crippen molar-refractivity contribution in [2.75, 3.05) is 13.2 Å². The summed E-state index contributed by atoms with van der Waals surface area (Å²) in [5.41, 5.74) is 9.17. The predicted octanol–water partition coefficient (Wildman–Crippen LogP) is 5.29. The Morgan fingerprint density at radius 1 is 0.850 bits per heavy atom. The van der Waals surface area contributed by atoms with E-state index in [1.54, 1.807) is 6.33 Å². The van der Waals surface area contributed by atoms with Crippen LogP contribution in [0.4, 0.5) is 0 Å². The van der Waals surface area contributed by atoms with Crippen molar-refractivity contribution in [1.82, 2.24) is 34.8 Å². The second kappa shape index (κ2) is 9.64. The number of nitrogens with one attached hydrogen (secondary N) is 1. The summed E-state index contributed by atoms with van der Waals surface area (Å²) in [7, 11) is 0. The van der Waals surface area contributed by atoms with E-state index in [0.29, 0.717) is 18.1 Å². The van der Waals surface area contributed by atoms with Crippen molar-refractivity contribution in [2.45, 2.75) is 63.7 Å². The number of nitrogens with zero attached hydrogens (tertiary/aromatic N) is 6. The van der Waals surface area contributed by atoms with Crippen LogP contribution in [-0.2, 0) is 24.1 Å². The highest BCUT2D eigenvalue weighted by Gasteiger charge is 2.45. The topological polar surface area (TPSA) is 84.8 Å². The fraction of sp³-hybridized carbons (Fsp3) is 0.375. The maximum Gasteiger partial charge on any atom is 0.181 e. The Morgan fingerprint density at radius 2 is 1.62 bits per heavy atom. The molecule has 1 aliphatic carbocycles. The molecule has 5 heterocycles. The summed E-state index contributed by atoms with van der Waals surface area (Å²) < 4.78 is 7.65. The van der Waals surface area contributed by atoms with Crippen molar-refractivity contribution in [3.63, 3.8) is 0 Å². The molecule has 3 atom stereocenters. The molecule has 40 heavy (non-hydrogen) atoms. The molecule has 0 saturated carbocycles. The lowest BCUT2D eigenvalue weighted by Crippen LogP contribution is -2.66. The zero-order valence-electron chi connectivity index (χ0n) is 22.8. The number of ether oxygens (including phenoxy) is 1. The fourth-order valence-corrected chi connectivity index (χ4v) is 7.11. The molecule has 0 radical (unpaired) electrons. The van der Waals surface area contributed by atoms with E-state index in [-0.39, 0.29) is 0 Å². The largest absolute Gasteiger partial charge is 0.378 e. The number of hydrogen-bond acceptors (Lipinski definition) is 6. The van der Waals surface area contributed by atoms with Crippen molar-refractivity contribution >= 4 is 11.0 Å². The number of aryl methyl sites for hydroxylation is 3. The Kier molecular flexibility index (Phi) is 5.78.